The Morgan fingerprint density at radius 1 is 1.08 bits per heavy atom. The normalized spacial score (nSPS) is 16.5. The second-order valence-corrected chi connectivity index (χ2v) is 2.40. The molecule has 0 amide bonds. The van der Waals surface area contributed by atoms with Crippen molar-refractivity contribution in [1.29, 1.82) is 0 Å². The Kier molecular flexibility index (Phi) is 11.1. The van der Waals surface area contributed by atoms with Crippen molar-refractivity contribution in [3.8, 4) is 0 Å². The molecule has 5 heteroatoms. The molecule has 0 bridgehead atoms. The van der Waals surface area contributed by atoms with Gasteiger partial charge in [-0.05, 0) is 6.92 Å². The van der Waals surface area contributed by atoms with E-state index in [-0.39, 0.29) is 0 Å². The van der Waals surface area contributed by atoms with Crippen LogP contribution < -0.4 is 0 Å². The topological polar surface area (TPSA) is 101 Å². The molecule has 0 heterocycles. The summed E-state index contributed by atoms with van der Waals surface area (Å²) in [5.74, 6) is 0. The molecular formula is C8H18O5. The Morgan fingerprint density at radius 2 is 1.31 bits per heavy atom. The van der Waals surface area contributed by atoms with Crippen LogP contribution in [0.5, 0.6) is 0 Å². The van der Waals surface area contributed by atoms with E-state index in [9.17, 15) is 0 Å². The summed E-state index contributed by atoms with van der Waals surface area (Å²) in [6, 6.07) is 0. The van der Waals surface area contributed by atoms with Crippen LogP contribution in [-0.4, -0.2) is 57.1 Å². The molecule has 3 atom stereocenters. The lowest BCUT2D eigenvalue weighted by Crippen LogP contribution is -2.41. The summed E-state index contributed by atoms with van der Waals surface area (Å²) in [5.41, 5.74) is 0. The molecule has 5 N–H and O–H groups in total. The van der Waals surface area contributed by atoms with E-state index in [4.69, 9.17) is 25.5 Å². The van der Waals surface area contributed by atoms with Gasteiger partial charge in [0.25, 0.3) is 0 Å². The molecular weight excluding hydrogens is 176 g/mol. The summed E-state index contributed by atoms with van der Waals surface area (Å²) < 4.78 is 0. The average molecular weight is 194 g/mol. The molecule has 0 aliphatic carbocycles. The van der Waals surface area contributed by atoms with Gasteiger partial charge < -0.3 is 25.5 Å². The van der Waals surface area contributed by atoms with E-state index in [0.29, 0.717) is 0 Å². The first kappa shape index (κ1) is 15.0. The highest BCUT2D eigenvalue weighted by Gasteiger charge is 2.22. The van der Waals surface area contributed by atoms with Crippen LogP contribution in [0.1, 0.15) is 6.92 Å². The van der Waals surface area contributed by atoms with Crippen molar-refractivity contribution in [2.24, 2.45) is 0 Å². The minimum Gasteiger partial charge on any atom is -0.394 e. The molecule has 13 heavy (non-hydrogen) atoms. The third-order valence-electron chi connectivity index (χ3n) is 1.16. The van der Waals surface area contributed by atoms with Crippen LogP contribution in [0.2, 0.25) is 0 Å². The van der Waals surface area contributed by atoms with E-state index >= 15 is 0 Å². The number of aliphatic hydroxyl groups is 5. The molecule has 80 valence electrons. The van der Waals surface area contributed by atoms with Crippen molar-refractivity contribution >= 4 is 0 Å². The largest absolute Gasteiger partial charge is 0.394 e. The second-order valence-electron chi connectivity index (χ2n) is 2.40. The summed E-state index contributed by atoms with van der Waals surface area (Å²) in [4.78, 5) is 0. The van der Waals surface area contributed by atoms with Crippen molar-refractivity contribution in [2.75, 3.05) is 13.2 Å². The molecule has 0 saturated heterocycles. The van der Waals surface area contributed by atoms with E-state index in [1.807, 2.05) is 6.92 Å². The molecule has 0 aromatic carbocycles. The molecule has 0 aromatic heterocycles. The molecule has 0 saturated carbocycles. The third kappa shape index (κ3) is 7.89. The van der Waals surface area contributed by atoms with Gasteiger partial charge in [-0.1, -0.05) is 6.08 Å². The maximum Gasteiger partial charge on any atom is 0.110 e. The summed E-state index contributed by atoms with van der Waals surface area (Å²) in [7, 11) is 0. The van der Waals surface area contributed by atoms with Crippen molar-refractivity contribution in [2.45, 2.75) is 25.2 Å². The first-order chi connectivity index (χ1) is 6.04. The van der Waals surface area contributed by atoms with Crippen LogP contribution >= 0.6 is 0 Å². The number of rotatable bonds is 4. The monoisotopic (exact) mass is 194 g/mol. The molecule has 0 rings (SSSR count). The van der Waals surface area contributed by atoms with Gasteiger partial charge in [0.2, 0.25) is 0 Å². The van der Waals surface area contributed by atoms with Crippen molar-refractivity contribution in [3.05, 3.63) is 12.7 Å². The molecule has 0 aliphatic heterocycles. The molecule has 0 radical (unpaired) electrons. The Bertz CT molecular complexity index is 107. The predicted octanol–water partition coefficient (Wildman–Crippen LogP) is -1.75. The lowest BCUT2D eigenvalue weighted by molar-refractivity contribution is -0.0900. The summed E-state index contributed by atoms with van der Waals surface area (Å²) >= 11 is 0. The highest BCUT2D eigenvalue weighted by Crippen LogP contribution is 1.97. The van der Waals surface area contributed by atoms with Gasteiger partial charge in [-0.3, -0.25) is 0 Å². The second kappa shape index (κ2) is 9.63. The zero-order valence-electron chi connectivity index (χ0n) is 7.67. The van der Waals surface area contributed by atoms with Crippen LogP contribution in [0.15, 0.2) is 12.7 Å². The van der Waals surface area contributed by atoms with Gasteiger partial charge in [-0.15, -0.1) is 6.58 Å². The van der Waals surface area contributed by atoms with Gasteiger partial charge in [-0.2, -0.15) is 0 Å². The fourth-order valence-corrected chi connectivity index (χ4v) is 0.472. The third-order valence-corrected chi connectivity index (χ3v) is 1.16. The lowest BCUT2D eigenvalue weighted by atomic mass is 10.1. The molecule has 0 aliphatic rings. The van der Waals surface area contributed by atoms with E-state index in [1.165, 1.54) is 0 Å². The summed E-state index contributed by atoms with van der Waals surface area (Å²) in [5, 5.41) is 42.6. The van der Waals surface area contributed by atoms with E-state index in [1.54, 1.807) is 6.08 Å². The summed E-state index contributed by atoms with van der Waals surface area (Å²) in [6.07, 6.45) is -2.54. The van der Waals surface area contributed by atoms with Gasteiger partial charge in [0.15, 0.2) is 0 Å². The van der Waals surface area contributed by atoms with Gasteiger partial charge >= 0.3 is 0 Å². The first-order valence-electron chi connectivity index (χ1n) is 3.88. The van der Waals surface area contributed by atoms with Crippen LogP contribution in [0.4, 0.5) is 0 Å². The van der Waals surface area contributed by atoms with Crippen molar-refractivity contribution in [3.63, 3.8) is 0 Å². The van der Waals surface area contributed by atoms with Gasteiger partial charge in [0.05, 0.1) is 13.2 Å². The van der Waals surface area contributed by atoms with E-state index < -0.39 is 31.5 Å². The van der Waals surface area contributed by atoms with Crippen LogP contribution in [0, 0.1) is 0 Å². The fraction of sp³-hybridized carbons (Fsp3) is 0.750. The minimum atomic E-state index is -1.49. The van der Waals surface area contributed by atoms with Crippen LogP contribution in [-0.2, 0) is 0 Å². The van der Waals surface area contributed by atoms with Gasteiger partial charge in [-0.25, -0.2) is 0 Å². The van der Waals surface area contributed by atoms with E-state index in [2.05, 4.69) is 6.58 Å². The molecule has 0 spiro atoms. The number of allylic oxidation sites excluding steroid dienone is 1. The van der Waals surface area contributed by atoms with Crippen LogP contribution in [0.25, 0.3) is 0 Å². The maximum absolute atomic E-state index is 8.77. The van der Waals surface area contributed by atoms with Gasteiger partial charge in [0, 0.05) is 0 Å². The maximum atomic E-state index is 8.77. The molecule has 5 nitrogen and oxygen atoms in total. The SMILES string of the molecule is C=CC.OC[C@@H](O)[C@H](O)[C@@H](O)CO. The zero-order chi connectivity index (χ0) is 10.9. The minimum absolute atomic E-state index is 0.641. The fourth-order valence-electron chi connectivity index (χ4n) is 0.472. The van der Waals surface area contributed by atoms with Crippen LogP contribution in [0.3, 0.4) is 0 Å². The number of hydrogen-bond donors (Lipinski definition) is 5. The van der Waals surface area contributed by atoms with E-state index in [0.717, 1.165) is 0 Å². The molecule has 0 fully saturated rings. The Labute approximate surface area is 77.6 Å². The summed E-state index contributed by atoms with van der Waals surface area (Å²) in [6.45, 7) is 3.97. The molecule has 0 unspecified atom stereocenters. The standard InChI is InChI=1S/C5H12O5.C3H6/c6-1-3(8)5(10)4(9)2-7;1-3-2/h3-10H,1-2H2;3H,1H2,2H3/t3-,4+,5+;. The van der Waals surface area contributed by atoms with Crippen molar-refractivity contribution in [1.82, 2.24) is 0 Å². The first-order valence-corrected chi connectivity index (χ1v) is 3.88. The van der Waals surface area contributed by atoms with Gasteiger partial charge in [0.1, 0.15) is 18.3 Å². The predicted molar refractivity (Wildman–Crippen MR) is 48.1 cm³/mol. The lowest BCUT2D eigenvalue weighted by Gasteiger charge is -2.19. The zero-order valence-corrected chi connectivity index (χ0v) is 7.67. The Morgan fingerprint density at radius 3 is 1.46 bits per heavy atom. The number of hydrogen-bond acceptors (Lipinski definition) is 5. The smallest absolute Gasteiger partial charge is 0.110 e. The number of aliphatic hydroxyl groups excluding tert-OH is 5. The highest BCUT2D eigenvalue weighted by atomic mass is 16.4. The quantitative estimate of drug-likeness (QED) is 0.341. The average Bonchev–Trinajstić information content (AvgIpc) is 2.15. The Balaban J connectivity index is 0. The molecule has 0 aromatic rings. The highest BCUT2D eigenvalue weighted by molar-refractivity contribution is 4.73. The Hall–Kier alpha value is -0.460. The van der Waals surface area contributed by atoms with Crippen molar-refractivity contribution < 1.29 is 25.5 Å².